The summed E-state index contributed by atoms with van der Waals surface area (Å²) in [5.41, 5.74) is -2.84. The molecule has 2 aromatic carbocycles. The van der Waals surface area contributed by atoms with Crippen molar-refractivity contribution in [2.45, 2.75) is 12.6 Å². The molecule has 1 heterocycles. The van der Waals surface area contributed by atoms with Crippen molar-refractivity contribution in [1.82, 2.24) is 4.98 Å². The molecule has 0 aliphatic heterocycles. The molecule has 0 fully saturated rings. The number of carbonyl (C=O) groups excluding carboxylic acids is 1. The number of aromatic nitrogens is 1. The predicted molar refractivity (Wildman–Crippen MR) is 92.7 cm³/mol. The molecule has 1 N–H and O–H groups in total. The third-order valence-electron chi connectivity index (χ3n) is 4.15. The van der Waals surface area contributed by atoms with E-state index in [9.17, 15) is 35.5 Å². The summed E-state index contributed by atoms with van der Waals surface area (Å²) in [6.07, 6.45) is -4.07. The highest BCUT2D eigenvalue weighted by atomic mass is 19.4. The Kier molecular flexibility index (Phi) is 5.77. The Morgan fingerprint density at radius 2 is 1.50 bits per heavy atom. The van der Waals surface area contributed by atoms with E-state index in [1.165, 1.54) is 0 Å². The first-order chi connectivity index (χ1) is 14.1. The Balaban J connectivity index is 1.84. The number of nitrogens with one attached hydrogen (secondary N) is 1. The average molecular weight is 428 g/mol. The highest BCUT2D eigenvalue weighted by Crippen LogP contribution is 2.34. The van der Waals surface area contributed by atoms with Gasteiger partial charge in [-0.05, 0) is 35.4 Å². The van der Waals surface area contributed by atoms with Gasteiger partial charge in [0.05, 0.1) is 18.0 Å². The quantitative estimate of drug-likeness (QED) is 0.558. The third kappa shape index (κ3) is 4.58. The smallest absolute Gasteiger partial charge is 0.322 e. The molecule has 1 amide bonds. The highest BCUT2D eigenvalue weighted by molar-refractivity contribution is 6.04. The molecule has 0 bridgehead atoms. The van der Waals surface area contributed by atoms with Crippen molar-refractivity contribution < 1.29 is 35.5 Å². The number of pyridine rings is 1. The molecule has 0 saturated carbocycles. The fourth-order valence-corrected chi connectivity index (χ4v) is 2.76. The first kappa shape index (κ1) is 21.3. The summed E-state index contributed by atoms with van der Waals surface area (Å²) in [6.45, 7) is 0. The van der Waals surface area contributed by atoms with Crippen molar-refractivity contribution >= 4 is 11.6 Å². The van der Waals surface area contributed by atoms with Crippen molar-refractivity contribution in [3.63, 3.8) is 0 Å². The molecule has 0 unspecified atom stereocenters. The van der Waals surface area contributed by atoms with Gasteiger partial charge in [-0.15, -0.1) is 0 Å². The SMILES string of the molecule is O=C(Nc1ccc(Cc2ccc(F)cc2C(F)(F)F)c(F)c1)c1c(F)cncc1F. The molecule has 0 spiro atoms. The zero-order chi connectivity index (χ0) is 22.1. The Morgan fingerprint density at radius 1 is 0.867 bits per heavy atom. The molecule has 30 heavy (non-hydrogen) atoms. The molecule has 3 nitrogen and oxygen atoms in total. The van der Waals surface area contributed by atoms with Crippen LogP contribution in [0, 0.1) is 23.3 Å². The molecular formula is C20H11F7N2O. The van der Waals surface area contributed by atoms with E-state index in [2.05, 4.69) is 10.3 Å². The second kappa shape index (κ2) is 8.13. The van der Waals surface area contributed by atoms with Gasteiger partial charge >= 0.3 is 6.18 Å². The number of nitrogens with zero attached hydrogens (tertiary/aromatic N) is 1. The Labute approximate surface area is 165 Å². The normalized spacial score (nSPS) is 11.4. The minimum atomic E-state index is -4.83. The summed E-state index contributed by atoms with van der Waals surface area (Å²) in [7, 11) is 0. The maximum Gasteiger partial charge on any atom is 0.416 e. The lowest BCUT2D eigenvalue weighted by Gasteiger charge is -2.14. The summed E-state index contributed by atoms with van der Waals surface area (Å²) in [5, 5.41) is 2.10. The summed E-state index contributed by atoms with van der Waals surface area (Å²) in [5.74, 6) is -5.69. The second-order valence-corrected chi connectivity index (χ2v) is 6.21. The standard InChI is InChI=1S/C20H11F7N2O/c21-12-3-1-10(14(6-12)20(25,26)27)5-11-2-4-13(7-15(11)22)29-19(30)18-16(23)8-28-9-17(18)24/h1-4,6-9H,5H2,(H,29,30). The van der Waals surface area contributed by atoms with Gasteiger partial charge in [-0.25, -0.2) is 17.6 Å². The van der Waals surface area contributed by atoms with Crippen LogP contribution in [0.25, 0.3) is 0 Å². The number of benzene rings is 2. The number of anilines is 1. The van der Waals surface area contributed by atoms with Crippen molar-refractivity contribution in [3.8, 4) is 0 Å². The molecule has 156 valence electrons. The van der Waals surface area contributed by atoms with E-state index in [4.69, 9.17) is 0 Å². The van der Waals surface area contributed by atoms with Crippen LogP contribution in [0.5, 0.6) is 0 Å². The van der Waals surface area contributed by atoms with E-state index in [1.807, 2.05) is 0 Å². The summed E-state index contributed by atoms with van der Waals surface area (Å²) in [6, 6.07) is 5.11. The number of rotatable bonds is 4. The molecular weight excluding hydrogens is 417 g/mol. The topological polar surface area (TPSA) is 42.0 Å². The minimum absolute atomic E-state index is 0.161. The highest BCUT2D eigenvalue weighted by Gasteiger charge is 2.33. The Morgan fingerprint density at radius 3 is 2.10 bits per heavy atom. The van der Waals surface area contributed by atoms with Gasteiger partial charge in [-0.2, -0.15) is 13.2 Å². The van der Waals surface area contributed by atoms with Crippen molar-refractivity contribution in [2.75, 3.05) is 5.32 Å². The van der Waals surface area contributed by atoms with Crippen LogP contribution < -0.4 is 5.32 Å². The number of amides is 1. The van der Waals surface area contributed by atoms with Crippen LogP contribution in [0.4, 0.5) is 36.4 Å². The van der Waals surface area contributed by atoms with E-state index in [0.29, 0.717) is 18.5 Å². The van der Waals surface area contributed by atoms with Gasteiger partial charge in [-0.3, -0.25) is 9.78 Å². The van der Waals surface area contributed by atoms with Gasteiger partial charge in [0.2, 0.25) is 0 Å². The minimum Gasteiger partial charge on any atom is -0.322 e. The molecule has 0 aliphatic rings. The Hall–Kier alpha value is -3.43. The molecule has 0 atom stereocenters. The van der Waals surface area contributed by atoms with Gasteiger partial charge in [0.1, 0.15) is 17.2 Å². The van der Waals surface area contributed by atoms with Crippen molar-refractivity contribution in [2.24, 2.45) is 0 Å². The van der Waals surface area contributed by atoms with Crippen LogP contribution in [-0.2, 0) is 12.6 Å². The van der Waals surface area contributed by atoms with Gasteiger partial charge in [0.25, 0.3) is 5.91 Å². The lowest BCUT2D eigenvalue weighted by molar-refractivity contribution is -0.138. The van der Waals surface area contributed by atoms with E-state index in [0.717, 1.165) is 30.3 Å². The van der Waals surface area contributed by atoms with Crippen LogP contribution in [0.2, 0.25) is 0 Å². The maximum atomic E-state index is 14.4. The van der Waals surface area contributed by atoms with Crippen LogP contribution in [0.1, 0.15) is 27.0 Å². The number of carbonyl (C=O) groups is 1. The molecule has 0 radical (unpaired) electrons. The fraction of sp³-hybridized carbons (Fsp3) is 0.100. The van der Waals surface area contributed by atoms with Gasteiger partial charge in [-0.1, -0.05) is 12.1 Å². The van der Waals surface area contributed by atoms with Gasteiger partial charge in [0, 0.05) is 12.1 Å². The predicted octanol–water partition coefficient (Wildman–Crippen LogP) is 5.50. The van der Waals surface area contributed by atoms with Gasteiger partial charge in [0.15, 0.2) is 11.6 Å². The monoisotopic (exact) mass is 428 g/mol. The number of hydrogen-bond donors (Lipinski definition) is 1. The fourth-order valence-electron chi connectivity index (χ4n) is 2.76. The van der Waals surface area contributed by atoms with E-state index in [-0.39, 0.29) is 16.8 Å². The van der Waals surface area contributed by atoms with Crippen molar-refractivity contribution in [3.05, 3.63) is 94.3 Å². The molecule has 1 aromatic heterocycles. The van der Waals surface area contributed by atoms with E-state index >= 15 is 0 Å². The Bertz CT molecular complexity index is 1090. The second-order valence-electron chi connectivity index (χ2n) is 6.21. The van der Waals surface area contributed by atoms with E-state index in [1.54, 1.807) is 0 Å². The lowest BCUT2D eigenvalue weighted by atomic mass is 9.98. The number of hydrogen-bond acceptors (Lipinski definition) is 2. The zero-order valence-corrected chi connectivity index (χ0v) is 14.8. The summed E-state index contributed by atoms with van der Waals surface area (Å²) < 4.78 is 94.1. The average Bonchev–Trinajstić information content (AvgIpc) is 2.64. The van der Waals surface area contributed by atoms with Crippen LogP contribution in [-0.4, -0.2) is 10.9 Å². The summed E-state index contributed by atoms with van der Waals surface area (Å²) >= 11 is 0. The van der Waals surface area contributed by atoms with Crippen molar-refractivity contribution in [1.29, 1.82) is 0 Å². The molecule has 0 saturated heterocycles. The lowest BCUT2D eigenvalue weighted by Crippen LogP contribution is -2.16. The first-order valence-corrected chi connectivity index (χ1v) is 8.30. The first-order valence-electron chi connectivity index (χ1n) is 8.30. The van der Waals surface area contributed by atoms with Gasteiger partial charge < -0.3 is 5.32 Å². The maximum absolute atomic E-state index is 14.4. The molecule has 3 rings (SSSR count). The van der Waals surface area contributed by atoms with Crippen LogP contribution in [0.15, 0.2) is 48.8 Å². The summed E-state index contributed by atoms with van der Waals surface area (Å²) in [4.78, 5) is 15.3. The third-order valence-corrected chi connectivity index (χ3v) is 4.15. The van der Waals surface area contributed by atoms with E-state index < -0.39 is 52.9 Å². The van der Waals surface area contributed by atoms with Crippen LogP contribution >= 0.6 is 0 Å². The largest absolute Gasteiger partial charge is 0.416 e. The molecule has 10 heteroatoms. The molecule has 0 aliphatic carbocycles. The molecule has 3 aromatic rings. The number of halogens is 7. The zero-order valence-electron chi connectivity index (χ0n) is 14.8. The number of alkyl halides is 3. The van der Waals surface area contributed by atoms with Crippen LogP contribution in [0.3, 0.4) is 0 Å².